The third-order valence-corrected chi connectivity index (χ3v) is 4.41. The van der Waals surface area contributed by atoms with Crippen molar-refractivity contribution in [3.63, 3.8) is 0 Å². The highest BCUT2D eigenvalue weighted by molar-refractivity contribution is 7.80. The highest BCUT2D eigenvalue weighted by Crippen LogP contribution is 2.42. The molecule has 6 nitrogen and oxygen atoms in total. The van der Waals surface area contributed by atoms with Crippen LogP contribution in [0.5, 0.6) is 0 Å². The molecule has 18 heavy (non-hydrogen) atoms. The smallest absolute Gasteiger partial charge is 0.211 e. The molecule has 0 spiro atoms. The molecule has 0 unspecified atom stereocenters. The van der Waals surface area contributed by atoms with Gasteiger partial charge in [0, 0.05) is 17.5 Å². The molecule has 0 saturated heterocycles. The van der Waals surface area contributed by atoms with E-state index in [2.05, 4.69) is 30.4 Å². The fraction of sp³-hybridized carbons (Fsp3) is 0.444. The molecule has 94 valence electrons. The van der Waals surface area contributed by atoms with E-state index in [4.69, 9.17) is 12.2 Å². The van der Waals surface area contributed by atoms with Crippen LogP contribution in [0.15, 0.2) is 0 Å². The lowest BCUT2D eigenvalue weighted by Gasteiger charge is -2.04. The highest BCUT2D eigenvalue weighted by Gasteiger charge is 2.27. The SMILES string of the molecule is Cc1nnsc1NC(=S)Nc1nnc(C2CC2)s1. The highest BCUT2D eigenvalue weighted by atomic mass is 32.1. The second-order valence-electron chi connectivity index (χ2n) is 3.99. The molecule has 2 aromatic heterocycles. The minimum absolute atomic E-state index is 0.489. The van der Waals surface area contributed by atoms with Crippen LogP contribution in [0.3, 0.4) is 0 Å². The average molecular weight is 298 g/mol. The number of rotatable bonds is 3. The number of thiocarbonyl (C=S) groups is 1. The Hall–Kier alpha value is -1.19. The van der Waals surface area contributed by atoms with Gasteiger partial charge in [-0.2, -0.15) is 0 Å². The fourth-order valence-electron chi connectivity index (χ4n) is 1.36. The first kappa shape index (κ1) is 11.9. The van der Waals surface area contributed by atoms with Gasteiger partial charge in [-0.05, 0) is 32.0 Å². The number of aromatic nitrogens is 4. The molecular formula is C9H10N6S3. The van der Waals surface area contributed by atoms with Crippen molar-refractivity contribution in [2.24, 2.45) is 0 Å². The zero-order chi connectivity index (χ0) is 12.5. The summed E-state index contributed by atoms with van der Waals surface area (Å²) in [7, 11) is 0. The van der Waals surface area contributed by atoms with Gasteiger partial charge in [-0.25, -0.2) is 0 Å². The van der Waals surface area contributed by atoms with Crippen molar-refractivity contribution in [1.82, 2.24) is 19.8 Å². The molecule has 2 heterocycles. The summed E-state index contributed by atoms with van der Waals surface area (Å²) in [6, 6.07) is 0. The van der Waals surface area contributed by atoms with Crippen LogP contribution < -0.4 is 10.6 Å². The first-order valence-electron chi connectivity index (χ1n) is 5.43. The minimum Gasteiger partial charge on any atom is -0.321 e. The molecule has 2 N–H and O–H groups in total. The van der Waals surface area contributed by atoms with E-state index in [1.54, 1.807) is 11.3 Å². The van der Waals surface area contributed by atoms with Crippen LogP contribution in [0, 0.1) is 6.92 Å². The number of anilines is 2. The molecule has 0 amide bonds. The first-order valence-corrected chi connectivity index (χ1v) is 7.42. The molecular weight excluding hydrogens is 288 g/mol. The lowest BCUT2D eigenvalue weighted by Crippen LogP contribution is -2.18. The fourth-order valence-corrected chi connectivity index (χ4v) is 3.17. The summed E-state index contributed by atoms with van der Waals surface area (Å²) in [5.41, 5.74) is 0.833. The lowest BCUT2D eigenvalue weighted by atomic mass is 10.5. The minimum atomic E-state index is 0.489. The molecule has 0 radical (unpaired) electrons. The topological polar surface area (TPSA) is 75.6 Å². The van der Waals surface area contributed by atoms with Gasteiger partial charge in [-0.15, -0.1) is 15.3 Å². The van der Waals surface area contributed by atoms with Crippen molar-refractivity contribution in [2.45, 2.75) is 25.7 Å². The van der Waals surface area contributed by atoms with Gasteiger partial charge in [-0.1, -0.05) is 15.8 Å². The van der Waals surface area contributed by atoms with Crippen molar-refractivity contribution in [3.8, 4) is 0 Å². The Kier molecular flexibility index (Phi) is 3.18. The number of nitrogens with one attached hydrogen (secondary N) is 2. The average Bonchev–Trinajstić information content (AvgIpc) is 2.97. The Balaban J connectivity index is 1.61. The number of hydrogen-bond acceptors (Lipinski definition) is 7. The zero-order valence-electron chi connectivity index (χ0n) is 9.51. The number of aryl methyl sites for hydroxylation is 1. The maximum absolute atomic E-state index is 5.20. The molecule has 1 aliphatic rings. The molecule has 1 fully saturated rings. The van der Waals surface area contributed by atoms with Gasteiger partial charge in [0.15, 0.2) is 5.11 Å². The standard InChI is InChI=1S/C9H10N6S3/c1-4-6(18-15-12-4)10-8(16)11-9-14-13-7(17-9)5-2-3-5/h5H,2-3H2,1H3,(H2,10,11,14,16). The molecule has 0 aromatic carbocycles. The van der Waals surface area contributed by atoms with Crippen LogP contribution in [-0.4, -0.2) is 24.9 Å². The van der Waals surface area contributed by atoms with Gasteiger partial charge in [0.05, 0.1) is 5.69 Å². The maximum atomic E-state index is 5.20. The Morgan fingerprint density at radius 2 is 2.11 bits per heavy atom. The quantitative estimate of drug-likeness (QED) is 0.843. The van der Waals surface area contributed by atoms with E-state index in [9.17, 15) is 0 Å². The van der Waals surface area contributed by atoms with E-state index in [1.165, 1.54) is 24.4 Å². The molecule has 9 heteroatoms. The molecule has 1 aliphatic carbocycles. The van der Waals surface area contributed by atoms with E-state index < -0.39 is 0 Å². The summed E-state index contributed by atoms with van der Waals surface area (Å²) >= 11 is 8.04. The molecule has 0 atom stereocenters. The van der Waals surface area contributed by atoms with Crippen LogP contribution in [0.2, 0.25) is 0 Å². The van der Waals surface area contributed by atoms with Gasteiger partial charge < -0.3 is 10.6 Å². The summed E-state index contributed by atoms with van der Waals surface area (Å²) in [6.07, 6.45) is 2.45. The van der Waals surface area contributed by atoms with Gasteiger partial charge in [-0.3, -0.25) is 0 Å². The number of nitrogens with zero attached hydrogens (tertiary/aromatic N) is 4. The Bertz CT molecular complexity index is 572. The van der Waals surface area contributed by atoms with Gasteiger partial charge >= 0.3 is 0 Å². The first-order chi connectivity index (χ1) is 8.72. The molecule has 0 aliphatic heterocycles. The largest absolute Gasteiger partial charge is 0.321 e. The summed E-state index contributed by atoms with van der Waals surface area (Å²) in [6.45, 7) is 1.88. The van der Waals surface area contributed by atoms with Crippen molar-refractivity contribution in [3.05, 3.63) is 10.7 Å². The van der Waals surface area contributed by atoms with Gasteiger partial charge in [0.1, 0.15) is 10.0 Å². The zero-order valence-corrected chi connectivity index (χ0v) is 12.0. The van der Waals surface area contributed by atoms with Crippen molar-refractivity contribution in [2.75, 3.05) is 10.6 Å². The molecule has 2 aromatic rings. The summed E-state index contributed by atoms with van der Waals surface area (Å²) < 4.78 is 3.83. The monoisotopic (exact) mass is 298 g/mol. The van der Waals surface area contributed by atoms with Crippen molar-refractivity contribution < 1.29 is 0 Å². The Morgan fingerprint density at radius 1 is 1.28 bits per heavy atom. The van der Waals surface area contributed by atoms with E-state index in [0.29, 0.717) is 11.0 Å². The van der Waals surface area contributed by atoms with Crippen molar-refractivity contribution >= 4 is 50.3 Å². The molecule has 3 rings (SSSR count). The predicted octanol–water partition coefficient (Wildman–Crippen LogP) is 2.38. The van der Waals surface area contributed by atoms with E-state index >= 15 is 0 Å². The van der Waals surface area contributed by atoms with Gasteiger partial charge in [0.2, 0.25) is 5.13 Å². The predicted molar refractivity (Wildman–Crippen MR) is 76.4 cm³/mol. The second-order valence-corrected chi connectivity index (χ2v) is 6.16. The van der Waals surface area contributed by atoms with Crippen LogP contribution in [-0.2, 0) is 0 Å². The normalized spacial score (nSPS) is 14.5. The summed E-state index contributed by atoms with van der Waals surface area (Å²) in [4.78, 5) is 0. The van der Waals surface area contributed by atoms with E-state index in [-0.39, 0.29) is 0 Å². The van der Waals surface area contributed by atoms with E-state index in [1.807, 2.05) is 6.92 Å². The van der Waals surface area contributed by atoms with Crippen LogP contribution >= 0.6 is 35.1 Å². The van der Waals surface area contributed by atoms with Crippen molar-refractivity contribution in [1.29, 1.82) is 0 Å². The number of hydrogen-bond donors (Lipinski definition) is 2. The third kappa shape index (κ3) is 2.62. The summed E-state index contributed by atoms with van der Waals surface area (Å²) in [5, 5.41) is 21.3. The van der Waals surface area contributed by atoms with Gasteiger partial charge in [0.25, 0.3) is 0 Å². The second kappa shape index (κ2) is 4.82. The lowest BCUT2D eigenvalue weighted by molar-refractivity contribution is 0.978. The molecule has 0 bridgehead atoms. The third-order valence-electron chi connectivity index (χ3n) is 2.47. The van der Waals surface area contributed by atoms with Crippen LogP contribution in [0.1, 0.15) is 29.5 Å². The van der Waals surface area contributed by atoms with E-state index in [0.717, 1.165) is 20.8 Å². The Labute approximate surface area is 117 Å². The summed E-state index contributed by atoms with van der Waals surface area (Å²) in [5.74, 6) is 0.618. The molecule has 1 saturated carbocycles. The van der Waals surface area contributed by atoms with Crippen LogP contribution in [0.25, 0.3) is 0 Å². The Morgan fingerprint density at radius 3 is 2.78 bits per heavy atom. The maximum Gasteiger partial charge on any atom is 0.211 e. The van der Waals surface area contributed by atoms with Crippen LogP contribution in [0.4, 0.5) is 10.1 Å².